The Balaban J connectivity index is 1.39. The molecule has 308 valence electrons. The monoisotopic (exact) mass is 853 g/mol. The summed E-state index contributed by atoms with van der Waals surface area (Å²) in [5.74, 6) is -0.889. The number of azo groups is 3. The molecule has 9 N–H and O–H groups in total. The average Bonchev–Trinajstić information content (AvgIpc) is 3.19. The van der Waals surface area contributed by atoms with Gasteiger partial charge in [-0.1, -0.05) is 0 Å². The summed E-state index contributed by atoms with van der Waals surface area (Å²) in [6.45, 7) is 3.39. The number of Topliss-reactive ketones (excluding diaryl/α,β-unsaturated/α-hetero) is 1. The maximum absolute atomic E-state index is 14.1. The minimum absolute atomic E-state index is 0.0631. The molecule has 0 amide bonds. The molecular weight excluding hydrogens is 819 g/mol. The van der Waals surface area contributed by atoms with Gasteiger partial charge < -0.3 is 26.7 Å². The number of nitrogen functional groups attached to an aromatic ring is 3. The van der Waals surface area contributed by atoms with E-state index in [-0.39, 0.29) is 22.9 Å². The fourth-order valence-electron chi connectivity index (χ4n) is 5.68. The summed E-state index contributed by atoms with van der Waals surface area (Å²) < 4.78 is 81.9. The molecule has 20 nitrogen and oxygen atoms in total. The first-order valence-electron chi connectivity index (χ1n) is 17.2. The zero-order chi connectivity index (χ0) is 43.5. The van der Waals surface area contributed by atoms with Crippen molar-refractivity contribution in [2.75, 3.05) is 36.8 Å². The SMILES string of the molecule is COc1cc(N=Nc2ccc(N)cc2)c(C)cc1N=Nc1c(S(=O)(=O)O)cc2c(c1N)C(=O)/C(=N/Nc1cc(C)c(N=Nc3ccc(N)cc3)cc1OC)C(S(=O)(=O)O)=C2. The van der Waals surface area contributed by atoms with Crippen LogP contribution >= 0.6 is 0 Å². The number of nitrogens with one attached hydrogen (secondary N) is 1. The van der Waals surface area contributed by atoms with Gasteiger partial charge in [0.1, 0.15) is 32.7 Å². The molecule has 22 heteroatoms. The Labute approximate surface area is 342 Å². The summed E-state index contributed by atoms with van der Waals surface area (Å²) in [5.41, 5.74) is 21.7. The lowest BCUT2D eigenvalue weighted by molar-refractivity contribution is 0.106. The van der Waals surface area contributed by atoms with Crippen LogP contribution in [0.5, 0.6) is 11.5 Å². The maximum Gasteiger partial charge on any atom is 0.296 e. The summed E-state index contributed by atoms with van der Waals surface area (Å²) in [6, 6.07) is 20.2. The molecule has 60 heavy (non-hydrogen) atoms. The lowest BCUT2D eigenvalue weighted by Gasteiger charge is -2.20. The van der Waals surface area contributed by atoms with Crippen molar-refractivity contribution in [2.45, 2.75) is 18.7 Å². The standard InChI is InChI=1S/C38H35N11O9S2/c1-19-13-28(30(57-3)17-26(19)44-42-24-9-5-22(39)6-10-24)46-48-36-32(59(51,52)53)15-21-16-33(60(54,55)56)37(38(50)34(21)35(36)41)49-47-29-14-20(2)27(18-31(29)58-4)45-43-25-11-7-23(40)8-12-25/h5-18,47H,39-41H2,1-4H3,(H,51,52,53)(H,54,55,56)/b44-42?,45-43?,48-46?,49-37+. The van der Waals surface area contributed by atoms with Crippen LogP contribution in [0.25, 0.3) is 6.08 Å². The zero-order valence-corrected chi connectivity index (χ0v) is 33.6. The van der Waals surface area contributed by atoms with Gasteiger partial charge in [-0.15, -0.1) is 10.2 Å². The second-order valence-corrected chi connectivity index (χ2v) is 15.7. The summed E-state index contributed by atoms with van der Waals surface area (Å²) in [5, 5.41) is 29.1. The van der Waals surface area contributed by atoms with Gasteiger partial charge in [0, 0.05) is 23.5 Å². The highest BCUT2D eigenvalue weighted by molar-refractivity contribution is 7.91. The number of hydrogen-bond acceptors (Lipinski definition) is 18. The number of ether oxygens (including phenoxy) is 2. The molecule has 1 aliphatic carbocycles. The van der Waals surface area contributed by atoms with E-state index < -0.39 is 64.0 Å². The Morgan fingerprint density at radius 3 is 1.67 bits per heavy atom. The van der Waals surface area contributed by atoms with Crippen molar-refractivity contribution in [3.63, 3.8) is 0 Å². The maximum atomic E-state index is 14.1. The van der Waals surface area contributed by atoms with Crippen molar-refractivity contribution in [2.24, 2.45) is 35.8 Å². The first kappa shape index (κ1) is 42.2. The molecule has 0 saturated heterocycles. The Bertz CT molecular complexity index is 2930. The number of carbonyl (C=O) groups excluding carboxylic acids is 1. The van der Waals surface area contributed by atoms with Gasteiger partial charge in [-0.2, -0.15) is 42.4 Å². The fraction of sp³-hybridized carbons (Fsp3) is 0.105. The molecule has 0 aromatic heterocycles. The first-order valence-corrected chi connectivity index (χ1v) is 20.1. The van der Waals surface area contributed by atoms with Crippen LogP contribution < -0.4 is 32.1 Å². The number of aryl methyl sites for hydroxylation is 2. The Kier molecular flexibility index (Phi) is 11.8. The molecular formula is C38H35N11O9S2. The number of hydrazone groups is 1. The van der Waals surface area contributed by atoms with E-state index in [0.29, 0.717) is 45.3 Å². The van der Waals surface area contributed by atoms with Crippen molar-refractivity contribution < 1.29 is 40.2 Å². The molecule has 6 rings (SSSR count). The molecule has 0 heterocycles. The van der Waals surface area contributed by atoms with Crippen LogP contribution in [0.15, 0.2) is 124 Å². The van der Waals surface area contributed by atoms with Crippen LogP contribution in [0, 0.1) is 13.8 Å². The topological polar surface area (TPSA) is 321 Å². The van der Waals surface area contributed by atoms with Gasteiger partial charge in [-0.05, 0) is 103 Å². The minimum Gasteiger partial charge on any atom is -0.494 e. The van der Waals surface area contributed by atoms with Crippen molar-refractivity contribution in [3.8, 4) is 11.5 Å². The van der Waals surface area contributed by atoms with Gasteiger partial charge in [-0.25, -0.2) is 0 Å². The first-order chi connectivity index (χ1) is 28.4. The van der Waals surface area contributed by atoms with E-state index in [1.165, 1.54) is 38.5 Å². The summed E-state index contributed by atoms with van der Waals surface area (Å²) in [6.07, 6.45) is 0.770. The summed E-state index contributed by atoms with van der Waals surface area (Å²) in [4.78, 5) is 12.2. The lowest BCUT2D eigenvalue weighted by atomic mass is 9.92. The predicted octanol–water partition coefficient (Wildman–Crippen LogP) is 8.45. The van der Waals surface area contributed by atoms with Crippen LogP contribution in [-0.2, 0) is 20.2 Å². The number of allylic oxidation sites excluding steroid dienone is 1. The smallest absolute Gasteiger partial charge is 0.296 e. The molecule has 0 spiro atoms. The number of fused-ring (bicyclic) bond motifs is 1. The normalized spacial score (nSPS) is 13.9. The van der Waals surface area contributed by atoms with Crippen LogP contribution in [0.4, 0.5) is 56.9 Å². The van der Waals surface area contributed by atoms with E-state index in [1.54, 1.807) is 62.4 Å². The van der Waals surface area contributed by atoms with E-state index in [0.717, 1.165) is 12.1 Å². The van der Waals surface area contributed by atoms with E-state index in [2.05, 4.69) is 41.2 Å². The van der Waals surface area contributed by atoms with E-state index in [4.69, 9.17) is 26.7 Å². The highest BCUT2D eigenvalue weighted by Gasteiger charge is 2.37. The molecule has 5 aromatic carbocycles. The Morgan fingerprint density at radius 2 is 1.15 bits per heavy atom. The largest absolute Gasteiger partial charge is 0.494 e. The number of nitrogens with zero attached hydrogens (tertiary/aromatic N) is 7. The van der Waals surface area contributed by atoms with Crippen molar-refractivity contribution in [3.05, 3.63) is 106 Å². The number of anilines is 4. The van der Waals surface area contributed by atoms with Crippen LogP contribution in [0.1, 0.15) is 27.0 Å². The van der Waals surface area contributed by atoms with E-state index in [9.17, 15) is 30.7 Å². The molecule has 0 atom stereocenters. The number of benzene rings is 5. The summed E-state index contributed by atoms with van der Waals surface area (Å²) in [7, 11) is -7.67. The van der Waals surface area contributed by atoms with E-state index in [1.807, 2.05) is 0 Å². The van der Waals surface area contributed by atoms with Crippen molar-refractivity contribution >= 4 is 94.7 Å². The average molecular weight is 854 g/mol. The predicted molar refractivity (Wildman–Crippen MR) is 225 cm³/mol. The van der Waals surface area contributed by atoms with Gasteiger partial charge in [0.15, 0.2) is 5.71 Å². The van der Waals surface area contributed by atoms with Crippen LogP contribution in [0.3, 0.4) is 0 Å². The minimum atomic E-state index is -5.20. The number of rotatable bonds is 12. The highest BCUT2D eigenvalue weighted by atomic mass is 32.2. The molecule has 0 aliphatic heterocycles. The molecule has 0 saturated carbocycles. The molecule has 0 bridgehead atoms. The third kappa shape index (κ3) is 9.16. The van der Waals surface area contributed by atoms with Crippen molar-refractivity contribution in [1.29, 1.82) is 0 Å². The third-order valence-electron chi connectivity index (χ3n) is 8.75. The second kappa shape index (κ2) is 16.8. The molecule has 1 aliphatic rings. The van der Waals surface area contributed by atoms with Crippen molar-refractivity contribution in [1.82, 2.24) is 0 Å². The number of ketones is 1. The number of carbonyl (C=O) groups is 1. The highest BCUT2D eigenvalue weighted by Crippen LogP contribution is 2.43. The molecule has 0 fully saturated rings. The fourth-order valence-corrected chi connectivity index (χ4v) is 7.01. The molecule has 5 aromatic rings. The van der Waals surface area contributed by atoms with Crippen LogP contribution in [0.2, 0.25) is 0 Å². The van der Waals surface area contributed by atoms with Gasteiger partial charge in [0.05, 0.1) is 53.9 Å². The lowest BCUT2D eigenvalue weighted by Crippen LogP contribution is -2.28. The van der Waals surface area contributed by atoms with Gasteiger partial charge in [0.25, 0.3) is 20.2 Å². The number of hydrogen-bond donors (Lipinski definition) is 6. The van der Waals surface area contributed by atoms with Gasteiger partial charge in [-0.3, -0.25) is 19.3 Å². The third-order valence-corrected chi connectivity index (χ3v) is 10.5. The Morgan fingerprint density at radius 1 is 0.633 bits per heavy atom. The number of nitrogens with two attached hydrogens (primary N) is 3. The van der Waals surface area contributed by atoms with Gasteiger partial charge in [0.2, 0.25) is 5.78 Å². The Hall–Kier alpha value is -7.40. The quantitative estimate of drug-likeness (QED) is 0.0297. The molecule has 0 radical (unpaired) electrons. The second-order valence-electron chi connectivity index (χ2n) is 12.9. The summed E-state index contributed by atoms with van der Waals surface area (Å²) >= 11 is 0. The van der Waals surface area contributed by atoms with Crippen LogP contribution in [-0.4, -0.2) is 51.7 Å². The van der Waals surface area contributed by atoms with E-state index >= 15 is 0 Å². The zero-order valence-electron chi connectivity index (χ0n) is 32.0. The number of methoxy groups -OCH3 is 2. The van der Waals surface area contributed by atoms with Gasteiger partial charge >= 0.3 is 0 Å². The molecule has 0 unspecified atom stereocenters.